The van der Waals surface area contributed by atoms with Crippen LogP contribution in [0.1, 0.15) is 25.0 Å². The molecule has 4 rings (SSSR count). The fraction of sp³-hybridized carbons (Fsp3) is 0.188. The fourth-order valence-electron chi connectivity index (χ4n) is 3.92. The molecule has 188 valence electrons. The number of carbonyl (C=O) groups is 2. The highest BCUT2D eigenvalue weighted by molar-refractivity contribution is 5.67. The van der Waals surface area contributed by atoms with Crippen LogP contribution in [0.25, 0.3) is 22.3 Å². The maximum absolute atomic E-state index is 10.9. The Kier molecular flexibility index (Phi) is 8.71. The highest BCUT2D eigenvalue weighted by Gasteiger charge is 2.04. The Balaban J connectivity index is 1.32. The van der Waals surface area contributed by atoms with E-state index in [0.29, 0.717) is 26.1 Å². The predicted octanol–water partition coefficient (Wildman–Crippen LogP) is 7.02. The van der Waals surface area contributed by atoms with Gasteiger partial charge < -0.3 is 14.2 Å². The molecule has 0 saturated heterocycles. The molecule has 0 heterocycles. The Bertz CT molecular complexity index is 1200. The van der Waals surface area contributed by atoms with Crippen LogP contribution in [0.15, 0.2) is 97.1 Å². The molecular weight excluding hydrogens is 464 g/mol. The summed E-state index contributed by atoms with van der Waals surface area (Å²) in [5.41, 5.74) is 6.69. The van der Waals surface area contributed by atoms with E-state index in [1.165, 1.54) is 13.8 Å². The van der Waals surface area contributed by atoms with Gasteiger partial charge in [0.25, 0.3) is 0 Å². The van der Waals surface area contributed by atoms with Gasteiger partial charge in [0.2, 0.25) is 0 Å². The molecule has 0 amide bonds. The fourth-order valence-corrected chi connectivity index (χ4v) is 3.92. The average molecular weight is 495 g/mol. The molecule has 0 aliphatic heterocycles. The van der Waals surface area contributed by atoms with Crippen LogP contribution in [0.4, 0.5) is 0 Å². The third kappa shape index (κ3) is 7.80. The van der Waals surface area contributed by atoms with Crippen molar-refractivity contribution >= 4 is 11.9 Å². The Morgan fingerprint density at radius 1 is 0.486 bits per heavy atom. The van der Waals surface area contributed by atoms with Gasteiger partial charge in [-0.1, -0.05) is 72.8 Å². The Morgan fingerprint density at radius 2 is 0.784 bits per heavy atom. The first-order valence-electron chi connectivity index (χ1n) is 12.3. The van der Waals surface area contributed by atoms with Crippen molar-refractivity contribution in [1.29, 1.82) is 0 Å². The number of benzene rings is 4. The molecule has 4 aromatic rings. The Morgan fingerprint density at radius 3 is 1.08 bits per heavy atom. The van der Waals surface area contributed by atoms with E-state index in [1.54, 1.807) is 0 Å². The van der Waals surface area contributed by atoms with Crippen molar-refractivity contribution in [3.05, 3.63) is 108 Å². The van der Waals surface area contributed by atoms with Gasteiger partial charge in [-0.3, -0.25) is 9.59 Å². The quantitative estimate of drug-likeness (QED) is 0.222. The molecule has 5 heteroatoms. The smallest absolute Gasteiger partial charge is 0.302 e. The summed E-state index contributed by atoms with van der Waals surface area (Å²) < 4.78 is 16.1. The molecule has 5 nitrogen and oxygen atoms in total. The van der Waals surface area contributed by atoms with Crippen molar-refractivity contribution in [2.45, 2.75) is 26.7 Å². The molecule has 0 aliphatic rings. The first-order valence-corrected chi connectivity index (χ1v) is 12.3. The number of rotatable bonds is 10. The van der Waals surface area contributed by atoms with Crippen molar-refractivity contribution < 1.29 is 23.8 Å². The van der Waals surface area contributed by atoms with Gasteiger partial charge in [0.1, 0.15) is 11.5 Å². The molecule has 0 aromatic heterocycles. The highest BCUT2D eigenvalue weighted by Crippen LogP contribution is 2.28. The lowest BCUT2D eigenvalue weighted by Crippen LogP contribution is -2.03. The molecule has 4 aromatic carbocycles. The summed E-state index contributed by atoms with van der Waals surface area (Å²) in [6.45, 7) is 3.63. The molecule has 0 radical (unpaired) electrons. The van der Waals surface area contributed by atoms with Gasteiger partial charge in [-0.05, 0) is 57.6 Å². The highest BCUT2D eigenvalue weighted by atomic mass is 16.5. The van der Waals surface area contributed by atoms with E-state index in [1.807, 2.05) is 48.5 Å². The van der Waals surface area contributed by atoms with Crippen LogP contribution in [0.5, 0.6) is 11.5 Å². The van der Waals surface area contributed by atoms with Crippen LogP contribution in [0.2, 0.25) is 0 Å². The summed E-state index contributed by atoms with van der Waals surface area (Å²) in [5, 5.41) is 0. The van der Waals surface area contributed by atoms with Crippen LogP contribution < -0.4 is 4.74 Å². The summed E-state index contributed by atoms with van der Waals surface area (Å²) >= 11 is 0. The standard InChI is InChI=1S/C32H30O5/c1-23(33)35-21-19-25-3-7-27(8-4-25)29-11-15-31(16-12-29)37-32-17-13-30(14-18-32)28-9-5-26(6-10-28)20-22-36-24(2)34/h3-18H,19-22H2,1-2H3. The monoisotopic (exact) mass is 494 g/mol. The lowest BCUT2D eigenvalue weighted by atomic mass is 10.0. The number of hydrogen-bond acceptors (Lipinski definition) is 5. The lowest BCUT2D eigenvalue weighted by Gasteiger charge is -2.09. The van der Waals surface area contributed by atoms with Gasteiger partial charge in [0.05, 0.1) is 13.2 Å². The van der Waals surface area contributed by atoms with Gasteiger partial charge in [-0.25, -0.2) is 0 Å². The second kappa shape index (κ2) is 12.5. The molecule has 0 atom stereocenters. The third-order valence-corrected chi connectivity index (χ3v) is 5.91. The van der Waals surface area contributed by atoms with Gasteiger partial charge in [-0.15, -0.1) is 0 Å². The van der Waals surface area contributed by atoms with E-state index in [0.717, 1.165) is 44.9 Å². The average Bonchev–Trinajstić information content (AvgIpc) is 2.90. The SMILES string of the molecule is CC(=O)OCCc1ccc(-c2ccc(Oc3ccc(-c4ccc(CCOC(C)=O)cc4)cc3)cc2)cc1. The van der Waals surface area contributed by atoms with Crippen LogP contribution in [-0.4, -0.2) is 25.2 Å². The van der Waals surface area contributed by atoms with Crippen molar-refractivity contribution in [3.63, 3.8) is 0 Å². The second-order valence-electron chi connectivity index (χ2n) is 8.72. The molecule has 0 bridgehead atoms. The van der Waals surface area contributed by atoms with Crippen molar-refractivity contribution in [3.8, 4) is 33.8 Å². The zero-order valence-electron chi connectivity index (χ0n) is 21.1. The number of esters is 2. The summed E-state index contributed by atoms with van der Waals surface area (Å²) in [6.07, 6.45) is 1.41. The topological polar surface area (TPSA) is 61.8 Å². The molecule has 0 fully saturated rings. The van der Waals surface area contributed by atoms with E-state index >= 15 is 0 Å². The molecule has 0 aliphatic carbocycles. The van der Waals surface area contributed by atoms with Crippen LogP contribution in [-0.2, 0) is 31.9 Å². The van der Waals surface area contributed by atoms with E-state index in [4.69, 9.17) is 14.2 Å². The van der Waals surface area contributed by atoms with E-state index in [2.05, 4.69) is 48.5 Å². The maximum atomic E-state index is 10.9. The molecule has 0 saturated carbocycles. The van der Waals surface area contributed by atoms with E-state index in [-0.39, 0.29) is 11.9 Å². The zero-order chi connectivity index (χ0) is 26.0. The Hall–Kier alpha value is -4.38. The first kappa shape index (κ1) is 25.7. The maximum Gasteiger partial charge on any atom is 0.302 e. The number of carbonyl (C=O) groups excluding carboxylic acids is 2. The number of ether oxygens (including phenoxy) is 3. The zero-order valence-corrected chi connectivity index (χ0v) is 21.1. The van der Waals surface area contributed by atoms with Crippen LogP contribution in [0, 0.1) is 0 Å². The first-order chi connectivity index (χ1) is 18.0. The van der Waals surface area contributed by atoms with Gasteiger partial charge in [-0.2, -0.15) is 0 Å². The minimum atomic E-state index is -0.255. The Labute approximate surface area is 217 Å². The summed E-state index contributed by atoms with van der Waals surface area (Å²) in [4.78, 5) is 21.8. The lowest BCUT2D eigenvalue weighted by molar-refractivity contribution is -0.141. The van der Waals surface area contributed by atoms with Gasteiger partial charge >= 0.3 is 11.9 Å². The van der Waals surface area contributed by atoms with E-state index < -0.39 is 0 Å². The summed E-state index contributed by atoms with van der Waals surface area (Å²) in [6, 6.07) is 32.5. The summed E-state index contributed by atoms with van der Waals surface area (Å²) in [7, 11) is 0. The van der Waals surface area contributed by atoms with Crippen molar-refractivity contribution in [2.24, 2.45) is 0 Å². The normalized spacial score (nSPS) is 10.5. The largest absolute Gasteiger partial charge is 0.466 e. The van der Waals surface area contributed by atoms with Crippen LogP contribution >= 0.6 is 0 Å². The number of hydrogen-bond donors (Lipinski definition) is 0. The van der Waals surface area contributed by atoms with E-state index in [9.17, 15) is 9.59 Å². The summed E-state index contributed by atoms with van der Waals surface area (Å²) in [5.74, 6) is 1.03. The molecule has 0 unspecified atom stereocenters. The molecular formula is C32H30O5. The van der Waals surface area contributed by atoms with Gasteiger partial charge in [0.15, 0.2) is 0 Å². The van der Waals surface area contributed by atoms with Crippen molar-refractivity contribution in [2.75, 3.05) is 13.2 Å². The molecule has 0 spiro atoms. The molecule has 37 heavy (non-hydrogen) atoms. The minimum Gasteiger partial charge on any atom is -0.466 e. The predicted molar refractivity (Wildman–Crippen MR) is 145 cm³/mol. The third-order valence-electron chi connectivity index (χ3n) is 5.91. The second-order valence-corrected chi connectivity index (χ2v) is 8.72. The van der Waals surface area contributed by atoms with Crippen molar-refractivity contribution in [1.82, 2.24) is 0 Å². The minimum absolute atomic E-state index is 0.255. The van der Waals surface area contributed by atoms with Gasteiger partial charge in [0, 0.05) is 26.7 Å². The van der Waals surface area contributed by atoms with Crippen LogP contribution in [0.3, 0.4) is 0 Å². The molecule has 0 N–H and O–H groups in total.